The molecule has 0 aliphatic rings. The number of benzene rings is 2. The molecule has 0 fully saturated rings. The summed E-state index contributed by atoms with van der Waals surface area (Å²) in [6, 6.07) is 5.93. The molecule has 1 atom stereocenters. The molecule has 0 bridgehead atoms. The normalized spacial score (nSPS) is 13.7. The molecule has 0 amide bonds. The highest BCUT2D eigenvalue weighted by atomic mass is 35.5. The summed E-state index contributed by atoms with van der Waals surface area (Å²) in [6.07, 6.45) is -8.66. The molecule has 0 aliphatic heterocycles. The van der Waals surface area contributed by atoms with Crippen molar-refractivity contribution >= 4 is 23.2 Å². The highest BCUT2D eigenvalue weighted by Gasteiger charge is 2.36. The van der Waals surface area contributed by atoms with Gasteiger partial charge in [-0.05, 0) is 47.9 Å². The lowest BCUT2D eigenvalue weighted by atomic mass is 9.93. The summed E-state index contributed by atoms with van der Waals surface area (Å²) in [4.78, 5) is 4.90. The van der Waals surface area contributed by atoms with E-state index in [9.17, 15) is 31.4 Å². The van der Waals surface area contributed by atoms with Gasteiger partial charge in [-0.3, -0.25) is 10.3 Å². The minimum absolute atomic E-state index is 0.0405. The summed E-state index contributed by atoms with van der Waals surface area (Å²) < 4.78 is 83.5. The van der Waals surface area contributed by atoms with Crippen LogP contribution in [0, 0.1) is 0 Å². The van der Waals surface area contributed by atoms with Crippen molar-refractivity contribution < 1.29 is 41.0 Å². The molecule has 2 aromatic carbocycles. The minimum atomic E-state index is -4.96. The molecule has 182 valence electrons. The number of aliphatic hydroxyl groups excluding tert-OH is 1. The zero-order valence-corrected chi connectivity index (χ0v) is 18.5. The van der Waals surface area contributed by atoms with Gasteiger partial charge < -0.3 is 9.84 Å². The van der Waals surface area contributed by atoms with E-state index < -0.39 is 36.0 Å². The summed E-state index contributed by atoms with van der Waals surface area (Å²) in [5, 5.41) is 10.00. The fourth-order valence-electron chi connectivity index (χ4n) is 2.99. The molecule has 2 rings (SSSR count). The Bertz CT molecular complexity index is 947. The molecular formula is C21H19Cl2F6NO3. The van der Waals surface area contributed by atoms with Crippen LogP contribution in [0.25, 0.3) is 0 Å². The molecule has 2 N–H and O–H groups in total. The second-order valence-electron chi connectivity index (χ2n) is 6.84. The van der Waals surface area contributed by atoms with Gasteiger partial charge in [0.2, 0.25) is 0 Å². The number of alkyl halides is 6. The van der Waals surface area contributed by atoms with Crippen molar-refractivity contribution in [3.05, 3.63) is 80.7 Å². The third kappa shape index (κ3) is 7.70. The lowest BCUT2D eigenvalue weighted by Crippen LogP contribution is -2.20. The Labute approximate surface area is 195 Å². The van der Waals surface area contributed by atoms with Gasteiger partial charge in [0.15, 0.2) is 0 Å². The Morgan fingerprint density at radius 2 is 1.61 bits per heavy atom. The maximum atomic E-state index is 13.0. The van der Waals surface area contributed by atoms with Crippen molar-refractivity contribution in [3.8, 4) is 0 Å². The Morgan fingerprint density at radius 3 is 2.09 bits per heavy atom. The number of hydrogen-bond donors (Lipinski definition) is 2. The molecule has 12 heteroatoms. The van der Waals surface area contributed by atoms with E-state index in [4.69, 9.17) is 32.8 Å². The summed E-state index contributed by atoms with van der Waals surface area (Å²) >= 11 is 12.0. The molecular weight excluding hydrogens is 499 g/mol. The SMILES string of the molecule is CONC(=COCc1cc(C(F)(F)F)cc(C(F)(F)F)c1)C(CCO)c1ccc(Cl)c(Cl)c1. The molecule has 0 aliphatic carbocycles. The van der Waals surface area contributed by atoms with E-state index >= 15 is 0 Å². The fraction of sp³-hybridized carbons (Fsp3) is 0.333. The molecule has 0 radical (unpaired) electrons. The third-order valence-electron chi connectivity index (χ3n) is 4.47. The number of allylic oxidation sites excluding steroid dienone is 1. The predicted octanol–water partition coefficient (Wildman–Crippen LogP) is 6.71. The van der Waals surface area contributed by atoms with Crippen LogP contribution in [-0.4, -0.2) is 18.8 Å². The van der Waals surface area contributed by atoms with Crippen LogP contribution in [0.3, 0.4) is 0 Å². The summed E-state index contributed by atoms with van der Waals surface area (Å²) in [5.41, 5.74) is 0.182. The average Bonchev–Trinajstić information content (AvgIpc) is 2.72. The van der Waals surface area contributed by atoms with Crippen LogP contribution in [0.1, 0.15) is 34.6 Å². The van der Waals surface area contributed by atoms with Crippen LogP contribution in [-0.2, 0) is 28.5 Å². The van der Waals surface area contributed by atoms with Crippen molar-refractivity contribution in [1.29, 1.82) is 0 Å². The van der Waals surface area contributed by atoms with E-state index in [1.807, 2.05) is 0 Å². The second-order valence-corrected chi connectivity index (χ2v) is 7.66. The first kappa shape index (κ1) is 27.1. The number of halogens is 8. The van der Waals surface area contributed by atoms with Gasteiger partial charge in [-0.25, -0.2) is 0 Å². The van der Waals surface area contributed by atoms with Crippen molar-refractivity contribution in [3.63, 3.8) is 0 Å². The smallest absolute Gasteiger partial charge is 0.416 e. The van der Waals surface area contributed by atoms with Gasteiger partial charge in [0.25, 0.3) is 0 Å². The Kier molecular flexibility index (Phi) is 9.30. The van der Waals surface area contributed by atoms with Gasteiger partial charge in [0.05, 0.1) is 34.0 Å². The number of aliphatic hydroxyl groups is 1. The maximum Gasteiger partial charge on any atom is 0.416 e. The number of rotatable bonds is 9. The molecule has 0 aromatic heterocycles. The van der Waals surface area contributed by atoms with Crippen molar-refractivity contribution in [2.75, 3.05) is 13.7 Å². The van der Waals surface area contributed by atoms with Crippen molar-refractivity contribution in [2.45, 2.75) is 31.3 Å². The maximum absolute atomic E-state index is 13.0. The van der Waals surface area contributed by atoms with Gasteiger partial charge in [-0.1, -0.05) is 29.3 Å². The first-order valence-electron chi connectivity index (χ1n) is 9.31. The monoisotopic (exact) mass is 517 g/mol. The van der Waals surface area contributed by atoms with Gasteiger partial charge in [0, 0.05) is 12.5 Å². The van der Waals surface area contributed by atoms with E-state index in [0.717, 1.165) is 6.26 Å². The Morgan fingerprint density at radius 1 is 1.00 bits per heavy atom. The predicted molar refractivity (Wildman–Crippen MR) is 110 cm³/mol. The third-order valence-corrected chi connectivity index (χ3v) is 5.21. The topological polar surface area (TPSA) is 50.7 Å². The van der Waals surface area contributed by atoms with Crippen LogP contribution in [0.5, 0.6) is 0 Å². The van der Waals surface area contributed by atoms with Crippen LogP contribution in [0.2, 0.25) is 10.0 Å². The zero-order chi connectivity index (χ0) is 24.8. The minimum Gasteiger partial charge on any atom is -0.495 e. The number of hydrogen-bond acceptors (Lipinski definition) is 4. The van der Waals surface area contributed by atoms with E-state index in [1.165, 1.54) is 13.2 Å². The van der Waals surface area contributed by atoms with E-state index in [-0.39, 0.29) is 35.4 Å². The van der Waals surface area contributed by atoms with Crippen molar-refractivity contribution in [2.24, 2.45) is 0 Å². The van der Waals surface area contributed by atoms with Crippen LogP contribution in [0.4, 0.5) is 26.3 Å². The first-order chi connectivity index (χ1) is 15.4. The molecule has 0 saturated carbocycles. The van der Waals surface area contributed by atoms with E-state index in [2.05, 4.69) is 5.48 Å². The summed E-state index contributed by atoms with van der Waals surface area (Å²) in [6.45, 7) is -0.842. The summed E-state index contributed by atoms with van der Waals surface area (Å²) in [5.74, 6) is -0.558. The molecule has 0 heterocycles. The number of nitrogens with one attached hydrogen (secondary N) is 1. The van der Waals surface area contributed by atoms with Crippen LogP contribution in [0.15, 0.2) is 48.4 Å². The second kappa shape index (κ2) is 11.3. The fourth-order valence-corrected chi connectivity index (χ4v) is 3.29. The Balaban J connectivity index is 2.34. The molecule has 33 heavy (non-hydrogen) atoms. The lowest BCUT2D eigenvalue weighted by Gasteiger charge is -2.21. The quantitative estimate of drug-likeness (QED) is 0.220. The highest BCUT2D eigenvalue weighted by molar-refractivity contribution is 6.42. The van der Waals surface area contributed by atoms with Gasteiger partial charge in [-0.2, -0.15) is 26.3 Å². The Hall–Kier alpha value is -2.14. The van der Waals surface area contributed by atoms with Crippen LogP contribution >= 0.6 is 23.2 Å². The molecule has 4 nitrogen and oxygen atoms in total. The highest BCUT2D eigenvalue weighted by Crippen LogP contribution is 2.37. The number of hydroxylamine groups is 1. The van der Waals surface area contributed by atoms with E-state index in [1.54, 1.807) is 12.1 Å². The average molecular weight is 518 g/mol. The first-order valence-corrected chi connectivity index (χ1v) is 10.1. The molecule has 2 aromatic rings. The van der Waals surface area contributed by atoms with Crippen LogP contribution < -0.4 is 5.48 Å². The largest absolute Gasteiger partial charge is 0.495 e. The lowest BCUT2D eigenvalue weighted by molar-refractivity contribution is -0.143. The van der Waals surface area contributed by atoms with E-state index in [0.29, 0.717) is 22.7 Å². The van der Waals surface area contributed by atoms with Gasteiger partial charge in [-0.15, -0.1) is 0 Å². The van der Waals surface area contributed by atoms with Crippen molar-refractivity contribution in [1.82, 2.24) is 5.48 Å². The molecule has 0 saturated heterocycles. The summed E-state index contributed by atoms with van der Waals surface area (Å²) in [7, 11) is 1.29. The molecule has 0 spiro atoms. The van der Waals surface area contributed by atoms with Gasteiger partial charge >= 0.3 is 12.4 Å². The molecule has 1 unspecified atom stereocenters. The zero-order valence-electron chi connectivity index (χ0n) is 17.0. The van der Waals surface area contributed by atoms with Gasteiger partial charge in [0.1, 0.15) is 12.9 Å². The number of ether oxygens (including phenoxy) is 1. The standard InChI is InChI=1S/C21H19Cl2F6NO3/c1-32-30-19(16(4-5-31)13-2-3-17(22)18(23)8-13)11-33-10-12-6-14(20(24,25)26)9-15(7-12)21(27,28)29/h2-3,6-9,11,16,30-31H,4-5,10H2,1H3.